The average Bonchev–Trinajstić information content (AvgIpc) is 3.12. The van der Waals surface area contributed by atoms with Crippen LogP contribution in [-0.4, -0.2) is 26.4 Å². The van der Waals surface area contributed by atoms with Gasteiger partial charge in [-0.2, -0.15) is 0 Å². The topological polar surface area (TPSA) is 68.2 Å². The Hall–Kier alpha value is -2.54. The molecule has 3 aromatic heterocycles. The highest BCUT2D eigenvalue weighted by Crippen LogP contribution is 2.31. The number of nitrogens with zero attached hydrogens (tertiary/aromatic N) is 4. The van der Waals surface area contributed by atoms with Crippen molar-refractivity contribution >= 4 is 34.3 Å². The molecule has 6 nitrogen and oxygen atoms in total. The molecule has 7 heteroatoms. The van der Waals surface area contributed by atoms with Gasteiger partial charge in [0.25, 0.3) is 5.22 Å². The summed E-state index contributed by atoms with van der Waals surface area (Å²) in [5.74, 6) is 0.763. The summed E-state index contributed by atoms with van der Waals surface area (Å²) < 4.78 is 7.65. The van der Waals surface area contributed by atoms with Gasteiger partial charge in [0.1, 0.15) is 11.3 Å². The zero-order chi connectivity index (χ0) is 14.2. The maximum atomic E-state index is 5.73. The predicted molar refractivity (Wildman–Crippen MR) is 80.7 cm³/mol. The Morgan fingerprint density at radius 2 is 2.14 bits per heavy atom. The van der Waals surface area contributed by atoms with Gasteiger partial charge in [0.15, 0.2) is 16.3 Å². The summed E-state index contributed by atoms with van der Waals surface area (Å²) >= 11 is 1.36. The maximum absolute atomic E-state index is 5.73. The minimum absolute atomic E-state index is 0.557. The number of rotatable bonds is 3. The minimum Gasteiger partial charge on any atom is -0.431 e. The number of benzene rings is 1. The SMILES string of the molecule is CNc1cn2ccnc2c(Sc2nc3ccccc3o2)n1. The van der Waals surface area contributed by atoms with Gasteiger partial charge in [0.05, 0.1) is 6.20 Å². The summed E-state index contributed by atoms with van der Waals surface area (Å²) in [4.78, 5) is 13.3. The van der Waals surface area contributed by atoms with Gasteiger partial charge in [-0.1, -0.05) is 12.1 Å². The molecule has 0 fully saturated rings. The first-order valence-corrected chi connectivity index (χ1v) is 7.20. The van der Waals surface area contributed by atoms with E-state index in [-0.39, 0.29) is 0 Å². The molecule has 3 heterocycles. The van der Waals surface area contributed by atoms with Crippen molar-refractivity contribution in [3.05, 3.63) is 42.9 Å². The molecule has 104 valence electrons. The quantitative estimate of drug-likeness (QED) is 0.627. The van der Waals surface area contributed by atoms with Gasteiger partial charge in [0, 0.05) is 19.4 Å². The molecule has 0 bridgehead atoms. The summed E-state index contributed by atoms with van der Waals surface area (Å²) in [6.07, 6.45) is 5.51. The van der Waals surface area contributed by atoms with E-state index in [1.807, 2.05) is 48.1 Å². The van der Waals surface area contributed by atoms with Crippen molar-refractivity contribution in [2.45, 2.75) is 10.2 Å². The van der Waals surface area contributed by atoms with Crippen molar-refractivity contribution in [2.75, 3.05) is 12.4 Å². The van der Waals surface area contributed by atoms with Crippen LogP contribution >= 0.6 is 11.8 Å². The normalized spacial score (nSPS) is 11.3. The molecule has 0 spiro atoms. The Morgan fingerprint density at radius 3 is 3.00 bits per heavy atom. The number of oxazole rings is 1. The molecule has 0 saturated carbocycles. The van der Waals surface area contributed by atoms with Crippen molar-refractivity contribution in [3.63, 3.8) is 0 Å². The number of hydrogen-bond acceptors (Lipinski definition) is 6. The highest BCUT2D eigenvalue weighted by molar-refractivity contribution is 7.99. The van der Waals surface area contributed by atoms with Gasteiger partial charge >= 0.3 is 0 Å². The van der Waals surface area contributed by atoms with Gasteiger partial charge in [-0.25, -0.2) is 15.0 Å². The molecule has 21 heavy (non-hydrogen) atoms. The van der Waals surface area contributed by atoms with Crippen molar-refractivity contribution in [1.82, 2.24) is 19.4 Å². The fourth-order valence-electron chi connectivity index (χ4n) is 2.07. The lowest BCUT2D eigenvalue weighted by Gasteiger charge is -2.04. The molecule has 1 aromatic carbocycles. The van der Waals surface area contributed by atoms with E-state index in [0.29, 0.717) is 5.22 Å². The molecule has 1 N–H and O–H groups in total. The molecule has 0 aliphatic rings. The van der Waals surface area contributed by atoms with Crippen molar-refractivity contribution in [3.8, 4) is 0 Å². The Kier molecular flexibility index (Phi) is 2.78. The second-order valence-corrected chi connectivity index (χ2v) is 5.33. The van der Waals surface area contributed by atoms with E-state index in [4.69, 9.17) is 4.42 Å². The monoisotopic (exact) mass is 297 g/mol. The molecule has 0 amide bonds. The number of para-hydroxylation sites is 2. The molecule has 0 atom stereocenters. The van der Waals surface area contributed by atoms with Crippen molar-refractivity contribution in [2.24, 2.45) is 0 Å². The third-order valence-corrected chi connectivity index (χ3v) is 3.87. The summed E-state index contributed by atoms with van der Waals surface area (Å²) in [6.45, 7) is 0. The molecule has 0 radical (unpaired) electrons. The van der Waals surface area contributed by atoms with Crippen LogP contribution in [0.5, 0.6) is 0 Å². The number of imidazole rings is 1. The van der Waals surface area contributed by atoms with Crippen molar-refractivity contribution in [1.29, 1.82) is 0 Å². The molecular weight excluding hydrogens is 286 g/mol. The Morgan fingerprint density at radius 1 is 1.24 bits per heavy atom. The summed E-state index contributed by atoms with van der Waals surface area (Å²) in [5, 5.41) is 4.34. The van der Waals surface area contributed by atoms with Crippen molar-refractivity contribution < 1.29 is 4.42 Å². The Balaban J connectivity index is 1.80. The van der Waals surface area contributed by atoms with Crippen LogP contribution in [0.4, 0.5) is 5.82 Å². The number of nitrogens with one attached hydrogen (secondary N) is 1. The fraction of sp³-hybridized carbons (Fsp3) is 0.0714. The first-order chi connectivity index (χ1) is 10.3. The second-order valence-electron chi connectivity index (χ2n) is 4.39. The van der Waals surface area contributed by atoms with Gasteiger partial charge in [0.2, 0.25) is 0 Å². The zero-order valence-corrected chi connectivity index (χ0v) is 12.0. The third kappa shape index (κ3) is 2.11. The van der Waals surface area contributed by atoms with E-state index < -0.39 is 0 Å². The number of aromatic nitrogens is 4. The zero-order valence-electron chi connectivity index (χ0n) is 11.1. The number of anilines is 1. The first-order valence-electron chi connectivity index (χ1n) is 6.38. The van der Waals surface area contributed by atoms with Gasteiger partial charge in [-0.15, -0.1) is 0 Å². The average molecular weight is 297 g/mol. The van der Waals surface area contributed by atoms with E-state index in [0.717, 1.165) is 27.6 Å². The largest absolute Gasteiger partial charge is 0.431 e. The standard InChI is InChI=1S/C14H11N5OS/c1-15-11-8-19-7-6-16-12(19)13(18-11)21-14-17-9-4-2-3-5-10(9)20-14/h2-8,15H,1H3. The first kappa shape index (κ1) is 12.2. The van der Waals surface area contributed by atoms with Crippen LogP contribution in [0.2, 0.25) is 0 Å². The molecule has 0 unspecified atom stereocenters. The predicted octanol–water partition coefficient (Wildman–Crippen LogP) is 3.06. The molecule has 4 rings (SSSR count). The van der Waals surface area contributed by atoms with E-state index >= 15 is 0 Å². The summed E-state index contributed by atoms with van der Waals surface area (Å²) in [5.41, 5.74) is 2.38. The van der Waals surface area contributed by atoms with Crippen LogP contribution in [0.1, 0.15) is 0 Å². The van der Waals surface area contributed by atoms with Gasteiger partial charge < -0.3 is 14.1 Å². The second kappa shape index (κ2) is 4.78. The van der Waals surface area contributed by atoms with E-state index in [1.165, 1.54) is 11.8 Å². The maximum Gasteiger partial charge on any atom is 0.263 e. The third-order valence-electron chi connectivity index (χ3n) is 3.06. The van der Waals surface area contributed by atoms with Crippen LogP contribution in [-0.2, 0) is 0 Å². The van der Waals surface area contributed by atoms with E-state index in [2.05, 4.69) is 20.3 Å². The lowest BCUT2D eigenvalue weighted by molar-refractivity contribution is 0.489. The number of hydrogen-bond donors (Lipinski definition) is 1. The molecule has 0 saturated heterocycles. The molecule has 0 aliphatic carbocycles. The van der Waals surface area contributed by atoms with Gasteiger partial charge in [-0.05, 0) is 23.9 Å². The lowest BCUT2D eigenvalue weighted by atomic mass is 10.3. The lowest BCUT2D eigenvalue weighted by Crippen LogP contribution is -1.98. The summed E-state index contributed by atoms with van der Waals surface area (Å²) in [7, 11) is 1.83. The van der Waals surface area contributed by atoms with E-state index in [1.54, 1.807) is 6.20 Å². The highest BCUT2D eigenvalue weighted by Gasteiger charge is 2.13. The number of fused-ring (bicyclic) bond motifs is 2. The van der Waals surface area contributed by atoms with Crippen LogP contribution in [0.3, 0.4) is 0 Å². The van der Waals surface area contributed by atoms with Crippen LogP contribution in [0.25, 0.3) is 16.7 Å². The smallest absolute Gasteiger partial charge is 0.263 e. The Bertz CT molecular complexity index is 896. The van der Waals surface area contributed by atoms with Crippen LogP contribution in [0.15, 0.2) is 57.5 Å². The fourth-order valence-corrected chi connectivity index (χ4v) is 2.90. The molecule has 0 aliphatic heterocycles. The summed E-state index contributed by atoms with van der Waals surface area (Å²) in [6, 6.07) is 7.68. The van der Waals surface area contributed by atoms with Crippen LogP contribution < -0.4 is 5.32 Å². The molecular formula is C14H11N5OS. The minimum atomic E-state index is 0.557. The highest BCUT2D eigenvalue weighted by atomic mass is 32.2. The van der Waals surface area contributed by atoms with Gasteiger partial charge in [-0.3, -0.25) is 0 Å². The van der Waals surface area contributed by atoms with Crippen LogP contribution in [0, 0.1) is 0 Å². The molecule has 4 aromatic rings. The Labute approximate surface area is 124 Å². The van der Waals surface area contributed by atoms with E-state index in [9.17, 15) is 0 Å².